The van der Waals surface area contributed by atoms with E-state index in [1.807, 2.05) is 37.3 Å². The van der Waals surface area contributed by atoms with Crippen LogP contribution in [0, 0.1) is 0 Å². The molecular weight excluding hydrogens is 569 g/mol. The lowest BCUT2D eigenvalue weighted by Crippen LogP contribution is -2.41. The molecule has 7 nitrogen and oxygen atoms in total. The van der Waals surface area contributed by atoms with Crippen molar-refractivity contribution >= 4 is 21.7 Å². The topological polar surface area (TPSA) is 106 Å². The molecule has 0 aliphatic carbocycles. The number of hydrogen-bond donors (Lipinski definition) is 2. The van der Waals surface area contributed by atoms with Crippen LogP contribution in [0.25, 0.3) is 0 Å². The minimum Gasteiger partial charge on any atom is -0.512 e. The smallest absolute Gasteiger partial charge is 0.417 e. The van der Waals surface area contributed by atoms with Crippen LogP contribution in [0.1, 0.15) is 72.7 Å². The predicted octanol–water partition coefficient (Wildman–Crippen LogP) is 7.33. The molecule has 1 aliphatic heterocycles. The van der Waals surface area contributed by atoms with Gasteiger partial charge in [0.2, 0.25) is 0 Å². The molecule has 4 rings (SSSR count). The van der Waals surface area contributed by atoms with E-state index in [9.17, 15) is 31.5 Å². The number of pyridine rings is 1. The Hall–Kier alpha value is -3.86. The Morgan fingerprint density at radius 3 is 2.50 bits per heavy atom. The number of carbonyl (C=O) groups is 1. The van der Waals surface area contributed by atoms with Gasteiger partial charge in [0.15, 0.2) is 5.03 Å². The average molecular weight is 606 g/mol. The number of cyclic esters (lactones) is 1. The van der Waals surface area contributed by atoms with Crippen molar-refractivity contribution in [1.29, 1.82) is 0 Å². The number of nitrogens with zero attached hydrogens (tertiary/aromatic N) is 1. The van der Waals surface area contributed by atoms with Gasteiger partial charge in [-0.15, -0.1) is 0 Å². The molecule has 2 unspecified atom stereocenters. The van der Waals surface area contributed by atoms with E-state index in [0.29, 0.717) is 31.2 Å². The molecule has 2 N–H and O–H groups in total. The highest BCUT2D eigenvalue weighted by Crippen LogP contribution is 2.42. The normalized spacial score (nSPS) is 19.5. The maximum Gasteiger partial charge on any atom is 0.417 e. The van der Waals surface area contributed by atoms with E-state index in [0.717, 1.165) is 12.0 Å². The van der Waals surface area contributed by atoms with E-state index in [1.54, 1.807) is 13.0 Å². The molecule has 1 aromatic heterocycles. The van der Waals surface area contributed by atoms with Crippen molar-refractivity contribution in [2.24, 2.45) is 0 Å². The molecule has 0 saturated heterocycles. The molecule has 0 radical (unpaired) electrons. The minimum absolute atomic E-state index is 0.0551. The fourth-order valence-electron chi connectivity index (χ4n) is 5.19. The van der Waals surface area contributed by atoms with Crippen LogP contribution in [0.15, 0.2) is 89.2 Å². The SMILES string of the molecule is [2H]c1nc(S(=O)(=O)Nc2cccc(C(CC)C3=C(O)CC(CCC)(CCc4ccccc4)OC3=O)c2)c([2H])c([2H])c1C(F)(F)F. The quantitative estimate of drug-likeness (QED) is 0.222. The van der Waals surface area contributed by atoms with Crippen molar-refractivity contribution in [2.45, 2.75) is 75.1 Å². The van der Waals surface area contributed by atoms with Crippen LogP contribution < -0.4 is 4.72 Å². The van der Waals surface area contributed by atoms with E-state index in [1.165, 1.54) is 18.2 Å². The van der Waals surface area contributed by atoms with Crippen molar-refractivity contribution in [3.63, 3.8) is 0 Å². The van der Waals surface area contributed by atoms with Crippen LogP contribution in [-0.4, -0.2) is 30.1 Å². The lowest BCUT2D eigenvalue weighted by atomic mass is 9.80. The minimum atomic E-state index is -5.17. The molecule has 0 fully saturated rings. The third kappa shape index (κ3) is 7.13. The number of ether oxygens (including phenoxy) is 1. The first-order valence-corrected chi connectivity index (χ1v) is 15.0. The summed E-state index contributed by atoms with van der Waals surface area (Å²) in [5, 5.41) is 10.0. The van der Waals surface area contributed by atoms with Crippen molar-refractivity contribution in [2.75, 3.05) is 4.72 Å². The van der Waals surface area contributed by atoms with Gasteiger partial charge in [-0.2, -0.15) is 21.6 Å². The second kappa shape index (κ2) is 12.6. The van der Waals surface area contributed by atoms with Gasteiger partial charge in [-0.3, -0.25) is 4.72 Å². The molecule has 1 aliphatic rings. The van der Waals surface area contributed by atoms with Crippen LogP contribution in [0.3, 0.4) is 0 Å². The number of halogens is 3. The summed E-state index contributed by atoms with van der Waals surface area (Å²) in [5.41, 5.74) is -1.20. The molecule has 0 saturated carbocycles. The van der Waals surface area contributed by atoms with Crippen LogP contribution in [0.4, 0.5) is 18.9 Å². The Labute approximate surface area is 247 Å². The number of aliphatic hydroxyl groups is 1. The maximum absolute atomic E-state index is 13.5. The van der Waals surface area contributed by atoms with Gasteiger partial charge in [0, 0.05) is 24.2 Å². The Morgan fingerprint density at radius 1 is 1.12 bits per heavy atom. The summed E-state index contributed by atoms with van der Waals surface area (Å²) in [5.74, 6) is -1.47. The second-order valence-electron chi connectivity index (χ2n) is 10.2. The second-order valence-corrected chi connectivity index (χ2v) is 11.8. The fraction of sp³-hybridized carbons (Fsp3) is 0.355. The van der Waals surface area contributed by atoms with Gasteiger partial charge in [0.25, 0.3) is 10.0 Å². The van der Waals surface area contributed by atoms with Crippen LogP contribution in [-0.2, 0) is 32.2 Å². The number of carbonyl (C=O) groups excluding carboxylic acids is 1. The van der Waals surface area contributed by atoms with Gasteiger partial charge >= 0.3 is 12.1 Å². The molecular formula is C31H33F3N2O5S. The average Bonchev–Trinajstić information content (AvgIpc) is 2.95. The molecule has 3 aromatic rings. The number of sulfonamides is 1. The molecule has 11 heteroatoms. The molecule has 0 bridgehead atoms. The summed E-state index contributed by atoms with van der Waals surface area (Å²) < 4.78 is 97.1. The number of aryl methyl sites for hydroxylation is 1. The molecule has 2 aromatic carbocycles. The third-order valence-electron chi connectivity index (χ3n) is 7.15. The van der Waals surface area contributed by atoms with Gasteiger partial charge in [-0.1, -0.05) is 62.7 Å². The maximum atomic E-state index is 13.5. The first kappa shape index (κ1) is 27.0. The van der Waals surface area contributed by atoms with Gasteiger partial charge in [-0.25, -0.2) is 9.78 Å². The molecule has 2 heterocycles. The Balaban J connectivity index is 1.63. The third-order valence-corrected chi connectivity index (χ3v) is 8.35. The van der Waals surface area contributed by atoms with Gasteiger partial charge in [0.1, 0.15) is 11.4 Å². The van der Waals surface area contributed by atoms with Crippen molar-refractivity contribution < 1.29 is 40.3 Å². The number of nitrogens with one attached hydrogen (secondary N) is 1. The van der Waals surface area contributed by atoms with Crippen molar-refractivity contribution in [1.82, 2.24) is 4.98 Å². The molecule has 2 atom stereocenters. The number of benzene rings is 2. The summed E-state index contributed by atoms with van der Waals surface area (Å²) in [7, 11) is -4.81. The summed E-state index contributed by atoms with van der Waals surface area (Å²) in [6, 6.07) is 12.8. The number of esters is 1. The fourth-order valence-corrected chi connectivity index (χ4v) is 6.08. The zero-order chi connectivity index (χ0) is 33.2. The summed E-state index contributed by atoms with van der Waals surface area (Å²) in [6.07, 6.45) is -3.79. The number of aliphatic hydroxyl groups excluding tert-OH is 1. The largest absolute Gasteiger partial charge is 0.512 e. The van der Waals surface area contributed by atoms with Gasteiger partial charge in [0.05, 0.1) is 15.2 Å². The van der Waals surface area contributed by atoms with Gasteiger partial charge < -0.3 is 9.84 Å². The van der Waals surface area contributed by atoms with Crippen LogP contribution >= 0.6 is 0 Å². The predicted molar refractivity (Wildman–Crippen MR) is 152 cm³/mol. The molecule has 0 amide bonds. The Morgan fingerprint density at radius 2 is 1.86 bits per heavy atom. The van der Waals surface area contributed by atoms with Crippen molar-refractivity contribution in [3.05, 3.63) is 101 Å². The standard InChI is InChI=1S/C31H33F3N2O5S/c1-3-16-30(17-15-21-9-6-5-7-10-21)19-26(37)28(29(38)41-30)25(4-2)22-11-8-12-24(18-22)36-42(39,40)27-14-13-23(20-35-27)31(32,33)34/h5-14,18,20,25,36-37H,3-4,15-17,19H2,1-2H3/i13D,14D,20D. The van der Waals surface area contributed by atoms with Gasteiger partial charge in [-0.05, 0) is 61.0 Å². The number of aromatic nitrogens is 1. The molecule has 42 heavy (non-hydrogen) atoms. The number of alkyl halides is 3. The first-order valence-electron chi connectivity index (χ1n) is 15.0. The highest BCUT2D eigenvalue weighted by molar-refractivity contribution is 7.92. The van der Waals surface area contributed by atoms with Crippen LogP contribution in [0.5, 0.6) is 0 Å². The summed E-state index contributed by atoms with van der Waals surface area (Å²) >= 11 is 0. The monoisotopic (exact) mass is 605 g/mol. The van der Waals surface area contributed by atoms with E-state index in [4.69, 9.17) is 8.85 Å². The Kier molecular flexibility index (Phi) is 8.08. The Bertz CT molecular complexity index is 1720. The number of rotatable bonds is 11. The summed E-state index contributed by atoms with van der Waals surface area (Å²) in [4.78, 5) is 16.7. The number of hydrogen-bond acceptors (Lipinski definition) is 6. The zero-order valence-corrected chi connectivity index (χ0v) is 23.9. The first-order chi connectivity index (χ1) is 21.1. The number of anilines is 1. The highest BCUT2D eigenvalue weighted by atomic mass is 32.2. The summed E-state index contributed by atoms with van der Waals surface area (Å²) in [6.45, 7) is 3.75. The lowest BCUT2D eigenvalue weighted by Gasteiger charge is -2.38. The molecule has 0 spiro atoms. The lowest BCUT2D eigenvalue weighted by molar-refractivity contribution is -0.161. The van der Waals surface area contributed by atoms with Crippen molar-refractivity contribution in [3.8, 4) is 0 Å². The molecule has 224 valence electrons. The van der Waals surface area contributed by atoms with E-state index in [2.05, 4.69) is 9.71 Å². The van der Waals surface area contributed by atoms with E-state index in [-0.39, 0.29) is 23.4 Å². The van der Waals surface area contributed by atoms with E-state index >= 15 is 0 Å². The van der Waals surface area contributed by atoms with E-state index < -0.39 is 62.5 Å². The highest BCUT2D eigenvalue weighted by Gasteiger charge is 2.43. The van der Waals surface area contributed by atoms with Crippen LogP contribution in [0.2, 0.25) is 0 Å². The zero-order valence-electron chi connectivity index (χ0n) is 26.1.